The minimum absolute atomic E-state index is 0.121. The van der Waals surface area contributed by atoms with Gasteiger partial charge in [-0.1, -0.05) is 25.8 Å². The van der Waals surface area contributed by atoms with Crippen LogP contribution in [-0.4, -0.2) is 23.6 Å². The van der Waals surface area contributed by atoms with Crippen LogP contribution in [0, 0.1) is 0 Å². The maximum absolute atomic E-state index is 11.4. The van der Waals surface area contributed by atoms with Crippen molar-refractivity contribution in [3.8, 4) is 0 Å². The van der Waals surface area contributed by atoms with Gasteiger partial charge in [0.15, 0.2) is 0 Å². The number of rotatable bonds is 5. The summed E-state index contributed by atoms with van der Waals surface area (Å²) in [5.41, 5.74) is 0.121. The van der Waals surface area contributed by atoms with Crippen molar-refractivity contribution in [3.63, 3.8) is 0 Å². The third-order valence-corrected chi connectivity index (χ3v) is 2.11. The van der Waals surface area contributed by atoms with Gasteiger partial charge in [0.05, 0.1) is 0 Å². The monoisotopic (exact) mass is 236 g/mol. The van der Waals surface area contributed by atoms with E-state index >= 15 is 0 Å². The van der Waals surface area contributed by atoms with Gasteiger partial charge in [-0.3, -0.25) is 0 Å². The third kappa shape index (κ3) is 5.10. The lowest BCUT2D eigenvalue weighted by molar-refractivity contribution is 0.0616. The fourth-order valence-corrected chi connectivity index (χ4v) is 1.22. The summed E-state index contributed by atoms with van der Waals surface area (Å²) in [6.45, 7) is 2.59. The average Bonchev–Trinajstić information content (AvgIpc) is 2.36. The highest BCUT2D eigenvalue weighted by Crippen LogP contribution is 1.97. The zero-order valence-electron chi connectivity index (χ0n) is 9.81. The summed E-state index contributed by atoms with van der Waals surface area (Å²) in [5, 5.41) is 2.51. The van der Waals surface area contributed by atoms with Gasteiger partial charge in [0.2, 0.25) is 0 Å². The number of nitrogens with zero attached hydrogens (tertiary/aromatic N) is 1. The summed E-state index contributed by atoms with van der Waals surface area (Å²) in [7, 11) is 0. The number of amides is 1. The molecule has 1 N–H and O–H groups in total. The van der Waals surface area contributed by atoms with Crippen LogP contribution >= 0.6 is 0 Å². The second-order valence-electron chi connectivity index (χ2n) is 3.53. The van der Waals surface area contributed by atoms with Gasteiger partial charge in [-0.05, 0) is 18.6 Å². The molecule has 17 heavy (non-hydrogen) atoms. The molecule has 5 nitrogen and oxygen atoms in total. The van der Waals surface area contributed by atoms with Crippen LogP contribution in [-0.2, 0) is 4.74 Å². The Kier molecular flexibility index (Phi) is 5.71. The first kappa shape index (κ1) is 13.2. The highest BCUT2D eigenvalue weighted by Gasteiger charge is 2.12. The van der Waals surface area contributed by atoms with Gasteiger partial charge in [0.1, 0.15) is 5.69 Å². The molecule has 0 aliphatic heterocycles. The van der Waals surface area contributed by atoms with Crippen molar-refractivity contribution in [1.29, 1.82) is 0 Å². The van der Waals surface area contributed by atoms with Crippen LogP contribution in [0.4, 0.5) is 4.79 Å². The second kappa shape index (κ2) is 7.38. The molecule has 0 saturated carbocycles. The Bertz CT molecular complexity index is 365. The molecule has 0 unspecified atom stereocenters. The fraction of sp³-hybridized carbons (Fsp3) is 0.417. The number of nitrogens with one attached hydrogen (secondary N) is 1. The SMILES string of the molecule is CCCCCNC(=O)OC(=O)c1ccccn1. The second-order valence-corrected chi connectivity index (χ2v) is 3.53. The lowest BCUT2D eigenvalue weighted by Crippen LogP contribution is -2.28. The summed E-state index contributed by atoms with van der Waals surface area (Å²) >= 11 is 0. The molecule has 0 aliphatic carbocycles. The number of alkyl carbamates (subject to hydrolysis) is 1. The van der Waals surface area contributed by atoms with Gasteiger partial charge in [0, 0.05) is 12.7 Å². The first-order chi connectivity index (χ1) is 8.24. The van der Waals surface area contributed by atoms with Gasteiger partial charge >= 0.3 is 12.1 Å². The van der Waals surface area contributed by atoms with Crippen molar-refractivity contribution in [1.82, 2.24) is 10.3 Å². The van der Waals surface area contributed by atoms with Crippen LogP contribution in [0.5, 0.6) is 0 Å². The molecule has 1 rings (SSSR count). The van der Waals surface area contributed by atoms with E-state index < -0.39 is 12.1 Å². The lowest BCUT2D eigenvalue weighted by Gasteiger charge is -2.04. The maximum Gasteiger partial charge on any atom is 0.415 e. The predicted octanol–water partition coefficient (Wildman–Crippen LogP) is 2.14. The number of hydrogen-bond donors (Lipinski definition) is 1. The number of carbonyl (C=O) groups excluding carboxylic acids is 2. The fourth-order valence-electron chi connectivity index (χ4n) is 1.22. The van der Waals surface area contributed by atoms with E-state index in [0.29, 0.717) is 6.54 Å². The lowest BCUT2D eigenvalue weighted by atomic mass is 10.2. The summed E-state index contributed by atoms with van der Waals surface area (Å²) in [4.78, 5) is 26.4. The first-order valence-electron chi connectivity index (χ1n) is 5.65. The quantitative estimate of drug-likeness (QED) is 0.483. The summed E-state index contributed by atoms with van der Waals surface area (Å²) in [6, 6.07) is 4.83. The topological polar surface area (TPSA) is 68.3 Å². The van der Waals surface area contributed by atoms with E-state index in [0.717, 1.165) is 19.3 Å². The van der Waals surface area contributed by atoms with E-state index in [1.54, 1.807) is 12.1 Å². The van der Waals surface area contributed by atoms with Gasteiger partial charge < -0.3 is 10.1 Å². The Morgan fingerprint density at radius 3 is 2.82 bits per heavy atom. The third-order valence-electron chi connectivity index (χ3n) is 2.11. The minimum Gasteiger partial charge on any atom is -0.371 e. The zero-order chi connectivity index (χ0) is 12.5. The van der Waals surface area contributed by atoms with Gasteiger partial charge in [-0.2, -0.15) is 0 Å². The molecule has 92 valence electrons. The standard InChI is InChI=1S/C12H16N2O3/c1-2-3-5-9-14-12(16)17-11(15)10-7-4-6-8-13-10/h4,6-8H,2-3,5,9H2,1H3,(H,14,16). The molecular weight excluding hydrogens is 220 g/mol. The molecular formula is C12H16N2O3. The van der Waals surface area contributed by atoms with Crippen molar-refractivity contribution in [2.45, 2.75) is 26.2 Å². The molecule has 0 fully saturated rings. The summed E-state index contributed by atoms with van der Waals surface area (Å²) < 4.78 is 4.57. The molecule has 1 aromatic rings. The number of unbranched alkanes of at least 4 members (excludes halogenated alkanes) is 2. The average molecular weight is 236 g/mol. The number of pyridine rings is 1. The number of carbonyl (C=O) groups is 2. The summed E-state index contributed by atoms with van der Waals surface area (Å²) in [5.74, 6) is -0.737. The van der Waals surface area contributed by atoms with Gasteiger partial charge in [0.25, 0.3) is 0 Å². The highest BCUT2D eigenvalue weighted by molar-refractivity contribution is 5.94. The molecule has 5 heteroatoms. The number of hydrogen-bond acceptors (Lipinski definition) is 4. The first-order valence-corrected chi connectivity index (χ1v) is 5.65. The van der Waals surface area contributed by atoms with E-state index in [-0.39, 0.29) is 5.69 Å². The predicted molar refractivity (Wildman–Crippen MR) is 62.6 cm³/mol. The zero-order valence-corrected chi connectivity index (χ0v) is 9.81. The number of ether oxygens (including phenoxy) is 1. The molecule has 0 aromatic carbocycles. The van der Waals surface area contributed by atoms with Crippen molar-refractivity contribution < 1.29 is 14.3 Å². The van der Waals surface area contributed by atoms with E-state index in [9.17, 15) is 9.59 Å². The molecule has 0 bridgehead atoms. The molecule has 1 aromatic heterocycles. The molecule has 0 saturated heterocycles. The Hall–Kier alpha value is -1.91. The number of esters is 1. The van der Waals surface area contributed by atoms with Gasteiger partial charge in [-0.15, -0.1) is 0 Å². The van der Waals surface area contributed by atoms with E-state index in [1.807, 2.05) is 0 Å². The van der Waals surface area contributed by atoms with E-state index in [2.05, 4.69) is 22.0 Å². The largest absolute Gasteiger partial charge is 0.415 e. The van der Waals surface area contributed by atoms with Crippen LogP contribution in [0.1, 0.15) is 36.7 Å². The van der Waals surface area contributed by atoms with Crippen LogP contribution in [0.25, 0.3) is 0 Å². The van der Waals surface area contributed by atoms with Crippen LogP contribution in [0.15, 0.2) is 24.4 Å². The minimum atomic E-state index is -0.737. The van der Waals surface area contributed by atoms with Crippen molar-refractivity contribution in [2.24, 2.45) is 0 Å². The summed E-state index contributed by atoms with van der Waals surface area (Å²) in [6.07, 6.45) is 3.73. The Balaban J connectivity index is 2.29. The van der Waals surface area contributed by atoms with E-state index in [1.165, 1.54) is 12.3 Å². The molecule has 0 radical (unpaired) electrons. The Labute approximate surface area is 100 Å². The van der Waals surface area contributed by atoms with Crippen LogP contribution in [0.2, 0.25) is 0 Å². The molecule has 0 spiro atoms. The normalized spacial score (nSPS) is 9.71. The maximum atomic E-state index is 11.4. The molecule has 1 heterocycles. The molecule has 0 atom stereocenters. The van der Waals surface area contributed by atoms with Crippen LogP contribution < -0.4 is 5.32 Å². The van der Waals surface area contributed by atoms with Crippen molar-refractivity contribution >= 4 is 12.1 Å². The van der Waals surface area contributed by atoms with Gasteiger partial charge in [-0.25, -0.2) is 14.6 Å². The molecule has 0 aliphatic rings. The highest BCUT2D eigenvalue weighted by atomic mass is 16.6. The van der Waals surface area contributed by atoms with Crippen LogP contribution in [0.3, 0.4) is 0 Å². The smallest absolute Gasteiger partial charge is 0.371 e. The van der Waals surface area contributed by atoms with Crippen molar-refractivity contribution in [3.05, 3.63) is 30.1 Å². The Morgan fingerprint density at radius 2 is 2.18 bits per heavy atom. The molecule has 1 amide bonds. The number of aromatic nitrogens is 1. The van der Waals surface area contributed by atoms with Crippen molar-refractivity contribution in [2.75, 3.05) is 6.54 Å². The van der Waals surface area contributed by atoms with E-state index in [4.69, 9.17) is 0 Å². The Morgan fingerprint density at radius 1 is 1.35 bits per heavy atom.